The molecule has 2 bridgehead atoms. The predicted octanol–water partition coefficient (Wildman–Crippen LogP) is 9.10. The summed E-state index contributed by atoms with van der Waals surface area (Å²) in [4.78, 5) is 19.1. The number of rotatable bonds is 8. The van der Waals surface area contributed by atoms with Crippen LogP contribution in [0.15, 0.2) is 72.7 Å². The molecule has 4 aliphatic carbocycles. The van der Waals surface area contributed by atoms with Gasteiger partial charge in [0.2, 0.25) is 0 Å². The van der Waals surface area contributed by atoms with E-state index >= 15 is 0 Å². The van der Waals surface area contributed by atoms with E-state index in [1.165, 1.54) is 5.57 Å². The molecule has 11 atom stereocenters. The molecule has 54 heavy (non-hydrogen) atoms. The van der Waals surface area contributed by atoms with E-state index in [9.17, 15) is 9.90 Å². The summed E-state index contributed by atoms with van der Waals surface area (Å²) >= 11 is 0. The first-order chi connectivity index (χ1) is 25.7. The minimum absolute atomic E-state index is 0.0605. The van der Waals surface area contributed by atoms with Crippen molar-refractivity contribution >= 4 is 5.97 Å². The molecule has 8 rings (SSSR count). The lowest BCUT2D eigenvalue weighted by Gasteiger charge is -2.71. The maximum atomic E-state index is 14.9. The summed E-state index contributed by atoms with van der Waals surface area (Å²) in [6, 6.07) is 13.7. The third-order valence-electron chi connectivity index (χ3n) is 16.6. The molecule has 5 aliphatic rings. The fraction of sp³-hybridized carbons (Fsp3) is 0.630. The monoisotopic (exact) mass is 735 g/mol. The van der Waals surface area contributed by atoms with Gasteiger partial charge in [0, 0.05) is 35.0 Å². The highest BCUT2D eigenvalue weighted by Crippen LogP contribution is 2.75. The molecule has 0 radical (unpaired) electrons. The quantitative estimate of drug-likeness (QED) is 0.182. The van der Waals surface area contributed by atoms with Crippen LogP contribution in [0.3, 0.4) is 0 Å². The van der Waals surface area contributed by atoms with E-state index in [0.29, 0.717) is 36.9 Å². The number of hydrogen-bond acceptors (Lipinski definition) is 7. The van der Waals surface area contributed by atoms with Gasteiger partial charge in [0.1, 0.15) is 12.4 Å². The molecule has 1 aliphatic heterocycles. The second-order valence-electron chi connectivity index (χ2n) is 19.1. The van der Waals surface area contributed by atoms with Crippen molar-refractivity contribution in [1.82, 2.24) is 14.8 Å². The third kappa shape index (κ3) is 5.32. The van der Waals surface area contributed by atoms with Crippen LogP contribution in [-0.2, 0) is 20.9 Å². The normalized spacial score (nSPS) is 39.1. The van der Waals surface area contributed by atoms with Crippen LogP contribution < -0.4 is 4.74 Å². The van der Waals surface area contributed by atoms with Crippen molar-refractivity contribution in [3.05, 3.63) is 78.3 Å². The molecular weight excluding hydrogens is 675 g/mol. The van der Waals surface area contributed by atoms with Crippen LogP contribution in [0.1, 0.15) is 98.6 Å². The molecule has 8 nitrogen and oxygen atoms in total. The second kappa shape index (κ2) is 13.3. The lowest BCUT2D eigenvalue weighted by atomic mass is 9.34. The van der Waals surface area contributed by atoms with Crippen LogP contribution in [0, 0.1) is 56.7 Å². The van der Waals surface area contributed by atoms with Gasteiger partial charge in [0.25, 0.3) is 0 Å². The van der Waals surface area contributed by atoms with Crippen LogP contribution in [0.2, 0.25) is 0 Å². The number of nitrogens with zero attached hydrogens (tertiary/aromatic N) is 3. The second-order valence-corrected chi connectivity index (χ2v) is 19.1. The Bertz CT molecular complexity index is 1890. The van der Waals surface area contributed by atoms with E-state index in [1.807, 2.05) is 55.0 Å². The first-order valence-electron chi connectivity index (χ1n) is 20.4. The van der Waals surface area contributed by atoms with Crippen molar-refractivity contribution in [2.45, 2.75) is 106 Å². The number of hydrogen-bond donors (Lipinski definition) is 1. The van der Waals surface area contributed by atoms with Crippen molar-refractivity contribution < 1.29 is 24.1 Å². The molecule has 1 N–H and O–H groups in total. The largest absolute Gasteiger partial charge is 0.497 e. The number of ether oxygens (including phenoxy) is 3. The molecule has 3 heterocycles. The summed E-state index contributed by atoms with van der Waals surface area (Å²) in [5.41, 5.74) is 3.27. The molecule has 1 saturated heterocycles. The van der Waals surface area contributed by atoms with E-state index in [-0.39, 0.29) is 46.2 Å². The highest BCUT2D eigenvalue weighted by Gasteiger charge is 2.71. The predicted molar refractivity (Wildman–Crippen MR) is 209 cm³/mol. The molecule has 0 amide bonds. The van der Waals surface area contributed by atoms with Gasteiger partial charge in [-0.25, -0.2) is 0 Å². The Morgan fingerprint density at radius 2 is 1.70 bits per heavy atom. The number of carbonyl (C=O) groups is 1. The number of methoxy groups -OCH3 is 1. The number of aliphatic hydroxyl groups excluding tert-OH is 1. The van der Waals surface area contributed by atoms with Gasteiger partial charge in [-0.15, -0.1) is 0 Å². The Labute approximate surface area is 322 Å². The fourth-order valence-corrected chi connectivity index (χ4v) is 13.1. The van der Waals surface area contributed by atoms with Gasteiger partial charge < -0.3 is 19.3 Å². The molecule has 4 fully saturated rings. The maximum Gasteiger partial charge on any atom is 0.310 e. The van der Waals surface area contributed by atoms with Gasteiger partial charge in [-0.05, 0) is 114 Å². The number of carbonyl (C=O) groups excluding carboxylic acids is 1. The maximum absolute atomic E-state index is 14.9. The van der Waals surface area contributed by atoms with Gasteiger partial charge >= 0.3 is 5.97 Å². The zero-order valence-electron chi connectivity index (χ0n) is 33.7. The van der Waals surface area contributed by atoms with E-state index in [2.05, 4.69) is 70.3 Å². The van der Waals surface area contributed by atoms with Crippen LogP contribution in [0.25, 0.3) is 11.3 Å². The molecule has 2 aromatic heterocycles. The molecule has 0 unspecified atom stereocenters. The van der Waals surface area contributed by atoms with Crippen LogP contribution in [0.5, 0.6) is 5.75 Å². The summed E-state index contributed by atoms with van der Waals surface area (Å²) in [7, 11) is 1.66. The first kappa shape index (κ1) is 37.4. The number of esters is 1. The minimum atomic E-state index is -0.601. The summed E-state index contributed by atoms with van der Waals surface area (Å²) in [5.74, 6) is 1.87. The molecule has 8 heteroatoms. The van der Waals surface area contributed by atoms with Crippen molar-refractivity contribution in [2.75, 3.05) is 20.3 Å². The van der Waals surface area contributed by atoms with E-state index in [4.69, 9.17) is 19.3 Å². The summed E-state index contributed by atoms with van der Waals surface area (Å²) < 4.78 is 20.5. The Morgan fingerprint density at radius 1 is 0.963 bits per heavy atom. The van der Waals surface area contributed by atoms with Gasteiger partial charge in [-0.1, -0.05) is 72.2 Å². The van der Waals surface area contributed by atoms with E-state index < -0.39 is 11.5 Å². The number of fused-ring (bicyclic) bond motifs is 3. The number of aromatic nitrogens is 3. The van der Waals surface area contributed by atoms with Crippen molar-refractivity contribution in [1.29, 1.82) is 0 Å². The Kier molecular flexibility index (Phi) is 9.24. The highest BCUT2D eigenvalue weighted by molar-refractivity contribution is 5.75. The smallest absolute Gasteiger partial charge is 0.310 e. The van der Waals surface area contributed by atoms with Crippen LogP contribution in [-0.4, -0.2) is 52.3 Å². The lowest BCUT2D eigenvalue weighted by Crippen LogP contribution is -2.68. The van der Waals surface area contributed by atoms with Gasteiger partial charge in [-0.3, -0.25) is 14.5 Å². The number of benzene rings is 1. The average Bonchev–Trinajstić information content (AvgIpc) is 3.66. The third-order valence-corrected chi connectivity index (χ3v) is 16.6. The Balaban J connectivity index is 1.19. The van der Waals surface area contributed by atoms with Gasteiger partial charge in [0.05, 0.1) is 44.1 Å². The van der Waals surface area contributed by atoms with E-state index in [0.717, 1.165) is 61.1 Å². The number of allylic oxidation sites excluding steroid dienone is 1. The zero-order valence-corrected chi connectivity index (χ0v) is 33.7. The fourth-order valence-electron chi connectivity index (χ4n) is 13.1. The van der Waals surface area contributed by atoms with Crippen molar-refractivity contribution in [3.8, 4) is 17.0 Å². The molecule has 1 aromatic carbocycles. The summed E-state index contributed by atoms with van der Waals surface area (Å²) in [5, 5.41) is 17.3. The van der Waals surface area contributed by atoms with Crippen molar-refractivity contribution in [2.24, 2.45) is 56.7 Å². The van der Waals surface area contributed by atoms with Crippen LogP contribution >= 0.6 is 0 Å². The molecule has 3 aromatic rings. The SMILES string of the molecule is COc1ccc(COC(=O)[C@@H]2[C@@](C)([C@H](C)C(C)C)CC[C@]3(C)[C@H]4CC[C@@H]5[C@@]6(COC[C@@]5(C)[C@@H](O)[C@H](n5nccc5-c5ccncc5)C6)C4=CC[C@@]23C)cc1. The van der Waals surface area contributed by atoms with Crippen molar-refractivity contribution in [3.63, 3.8) is 0 Å². The zero-order chi connectivity index (χ0) is 38.3. The Morgan fingerprint density at radius 3 is 2.41 bits per heavy atom. The summed E-state index contributed by atoms with van der Waals surface area (Å²) in [6.45, 7) is 18.0. The van der Waals surface area contributed by atoms with E-state index in [1.54, 1.807) is 7.11 Å². The minimum Gasteiger partial charge on any atom is -0.497 e. The first-order valence-corrected chi connectivity index (χ1v) is 20.4. The van der Waals surface area contributed by atoms with Gasteiger partial charge in [0.15, 0.2) is 0 Å². The molecule has 0 spiro atoms. The number of pyridine rings is 1. The molecule has 3 saturated carbocycles. The number of aliphatic hydroxyl groups is 1. The standard InChI is InChI=1S/C46H61N3O5/c1-29(2)30(3)42(4)20-21-44(6)34-13-14-38-43(5)27-53-28-46(38,25-37(40(43)50)49-36(18-24-48-49)32-16-22-47-23-17-32)35(34)15-19-45(44,7)39(42)41(51)54-26-31-9-11-33(52-8)12-10-31/h9-12,15-18,22-24,29-30,34,37-40,50H,13-14,19-21,25-28H2,1-8H3/t30-,34+,37-,38+,39-,40+,42-,43-,44-,45+,46+/m1/s1. The van der Waals surface area contributed by atoms with Gasteiger partial charge in [-0.2, -0.15) is 5.10 Å². The summed E-state index contributed by atoms with van der Waals surface area (Å²) in [6.07, 6.45) is 13.2. The topological polar surface area (TPSA) is 95.7 Å². The molecular formula is C46H61N3O5. The van der Waals surface area contributed by atoms with Crippen LogP contribution in [0.4, 0.5) is 0 Å². The highest BCUT2D eigenvalue weighted by atomic mass is 16.5. The lowest BCUT2D eigenvalue weighted by molar-refractivity contribution is -0.241. The average molecular weight is 736 g/mol. The Hall–Kier alpha value is -3.49. The molecule has 290 valence electrons.